The van der Waals surface area contributed by atoms with E-state index in [2.05, 4.69) is 30.3 Å². The summed E-state index contributed by atoms with van der Waals surface area (Å²) in [5.41, 5.74) is 3.33. The van der Waals surface area contributed by atoms with Crippen LogP contribution in [0.3, 0.4) is 0 Å². The van der Waals surface area contributed by atoms with E-state index in [1.54, 1.807) is 7.11 Å². The van der Waals surface area contributed by atoms with Gasteiger partial charge in [0.25, 0.3) is 0 Å². The monoisotopic (exact) mass is 329 g/mol. The van der Waals surface area contributed by atoms with E-state index in [1.165, 1.54) is 0 Å². The predicted octanol–water partition coefficient (Wildman–Crippen LogP) is 2.89. The molecule has 0 spiro atoms. The summed E-state index contributed by atoms with van der Waals surface area (Å²) in [6.45, 7) is 7.66. The summed E-state index contributed by atoms with van der Waals surface area (Å²) >= 11 is 0. The maximum atomic E-state index is 12.0. The fourth-order valence-corrected chi connectivity index (χ4v) is 2.65. The van der Waals surface area contributed by atoms with E-state index in [1.807, 2.05) is 35.9 Å². The third-order valence-electron chi connectivity index (χ3n) is 4.04. The van der Waals surface area contributed by atoms with E-state index in [-0.39, 0.29) is 5.91 Å². The van der Waals surface area contributed by atoms with Crippen LogP contribution in [0.25, 0.3) is 0 Å². The van der Waals surface area contributed by atoms with Crippen molar-refractivity contribution in [1.29, 1.82) is 0 Å². The summed E-state index contributed by atoms with van der Waals surface area (Å²) in [5.74, 6) is 1.26. The van der Waals surface area contributed by atoms with E-state index in [0.717, 1.165) is 35.7 Å². The predicted molar refractivity (Wildman–Crippen MR) is 95.2 cm³/mol. The molecular weight excluding hydrogens is 302 g/mol. The van der Waals surface area contributed by atoms with Gasteiger partial charge in [-0.25, -0.2) is 0 Å². The highest BCUT2D eigenvalue weighted by Gasteiger charge is 2.09. The van der Waals surface area contributed by atoms with Crippen molar-refractivity contribution in [2.24, 2.45) is 5.92 Å². The first-order valence-corrected chi connectivity index (χ1v) is 8.38. The number of carbonyl (C=O) groups is 1. The Labute approximate surface area is 144 Å². The number of benzene rings is 1. The molecule has 0 bridgehead atoms. The molecule has 0 radical (unpaired) electrons. The third-order valence-corrected chi connectivity index (χ3v) is 4.04. The molecule has 24 heavy (non-hydrogen) atoms. The lowest BCUT2D eigenvalue weighted by molar-refractivity contribution is -0.121. The van der Waals surface area contributed by atoms with Crippen molar-refractivity contribution < 1.29 is 9.53 Å². The van der Waals surface area contributed by atoms with Crippen LogP contribution in [0.4, 0.5) is 0 Å². The Bertz CT molecular complexity index is 662. The molecule has 0 aliphatic rings. The van der Waals surface area contributed by atoms with Gasteiger partial charge in [-0.1, -0.05) is 19.1 Å². The molecule has 0 saturated heterocycles. The lowest BCUT2D eigenvalue weighted by Gasteiger charge is -2.14. The number of amides is 1. The molecular formula is C19H27N3O2. The molecule has 1 amide bonds. The summed E-state index contributed by atoms with van der Waals surface area (Å²) in [4.78, 5) is 12.0. The highest BCUT2D eigenvalue weighted by atomic mass is 16.5. The number of hydrogen-bond donors (Lipinski definition) is 1. The summed E-state index contributed by atoms with van der Waals surface area (Å²) in [7, 11) is 1.65. The smallest absolute Gasteiger partial charge is 0.220 e. The zero-order valence-electron chi connectivity index (χ0n) is 15.0. The van der Waals surface area contributed by atoms with Gasteiger partial charge >= 0.3 is 0 Å². The minimum absolute atomic E-state index is 0.0889. The Kier molecular flexibility index (Phi) is 6.41. The number of ether oxygens (including phenoxy) is 1. The zero-order valence-corrected chi connectivity index (χ0v) is 15.0. The highest BCUT2D eigenvalue weighted by Crippen LogP contribution is 2.12. The van der Waals surface area contributed by atoms with Crippen molar-refractivity contribution in [3.05, 3.63) is 47.3 Å². The van der Waals surface area contributed by atoms with Gasteiger partial charge < -0.3 is 10.1 Å². The van der Waals surface area contributed by atoms with Gasteiger partial charge in [-0.15, -0.1) is 0 Å². The van der Waals surface area contributed by atoms with E-state index in [9.17, 15) is 4.79 Å². The van der Waals surface area contributed by atoms with Crippen LogP contribution in [0.15, 0.2) is 30.3 Å². The maximum absolute atomic E-state index is 12.0. The molecule has 1 aromatic heterocycles. The van der Waals surface area contributed by atoms with Crippen LogP contribution in [-0.4, -0.2) is 29.3 Å². The fourth-order valence-electron chi connectivity index (χ4n) is 2.65. The summed E-state index contributed by atoms with van der Waals surface area (Å²) in [6, 6.07) is 9.91. The van der Waals surface area contributed by atoms with Crippen LogP contribution in [0.1, 0.15) is 30.3 Å². The van der Waals surface area contributed by atoms with Crippen LogP contribution in [0.5, 0.6) is 5.75 Å². The molecule has 2 aromatic rings. The van der Waals surface area contributed by atoms with Gasteiger partial charge in [0.1, 0.15) is 5.75 Å². The second kappa shape index (κ2) is 8.52. The first kappa shape index (κ1) is 18.0. The fraction of sp³-hybridized carbons (Fsp3) is 0.474. The van der Waals surface area contributed by atoms with Crippen LogP contribution in [0, 0.1) is 19.8 Å². The average Bonchev–Trinajstić information content (AvgIpc) is 2.88. The van der Waals surface area contributed by atoms with E-state index >= 15 is 0 Å². The third kappa shape index (κ3) is 5.41. The number of hydrogen-bond acceptors (Lipinski definition) is 3. The summed E-state index contributed by atoms with van der Waals surface area (Å²) in [6.07, 6.45) is 1.24. The van der Waals surface area contributed by atoms with Gasteiger partial charge in [-0.3, -0.25) is 9.48 Å². The average molecular weight is 329 g/mol. The number of aryl methyl sites for hydroxylation is 3. The summed E-state index contributed by atoms with van der Waals surface area (Å²) in [5, 5.41) is 7.48. The number of nitrogens with zero attached hydrogens (tertiary/aromatic N) is 2. The second-order valence-corrected chi connectivity index (χ2v) is 6.37. The standard InChI is InChI=1S/C19H27N3O2/c1-14(13-22-16(3)11-15(2)21-22)12-20-19(23)10-7-17-5-8-18(24-4)9-6-17/h5-6,8-9,11,14H,7,10,12-13H2,1-4H3,(H,20,23)/t14-/m1/s1. The Morgan fingerprint density at radius 3 is 2.58 bits per heavy atom. The van der Waals surface area contributed by atoms with Crippen molar-refractivity contribution >= 4 is 5.91 Å². The van der Waals surface area contributed by atoms with E-state index in [0.29, 0.717) is 18.9 Å². The SMILES string of the molecule is COc1ccc(CCC(=O)NC[C@@H](C)Cn2nc(C)cc2C)cc1. The van der Waals surface area contributed by atoms with Crippen molar-refractivity contribution in [2.75, 3.05) is 13.7 Å². The van der Waals surface area contributed by atoms with Crippen LogP contribution in [-0.2, 0) is 17.8 Å². The molecule has 1 aromatic carbocycles. The lowest BCUT2D eigenvalue weighted by atomic mass is 10.1. The molecule has 1 heterocycles. The highest BCUT2D eigenvalue weighted by molar-refractivity contribution is 5.76. The molecule has 2 rings (SSSR count). The van der Waals surface area contributed by atoms with Crippen molar-refractivity contribution in [2.45, 2.75) is 40.2 Å². The molecule has 1 N–H and O–H groups in total. The molecule has 0 aliphatic carbocycles. The number of methoxy groups -OCH3 is 1. The van der Waals surface area contributed by atoms with Gasteiger partial charge in [0.05, 0.1) is 12.8 Å². The number of nitrogens with one attached hydrogen (secondary N) is 1. The van der Waals surface area contributed by atoms with Crippen molar-refractivity contribution in [3.8, 4) is 5.75 Å². The molecule has 0 fully saturated rings. The minimum Gasteiger partial charge on any atom is -0.497 e. The maximum Gasteiger partial charge on any atom is 0.220 e. The normalized spacial score (nSPS) is 12.0. The molecule has 5 heteroatoms. The largest absolute Gasteiger partial charge is 0.497 e. The van der Waals surface area contributed by atoms with Crippen molar-refractivity contribution in [1.82, 2.24) is 15.1 Å². The van der Waals surface area contributed by atoms with E-state index < -0.39 is 0 Å². The Morgan fingerprint density at radius 2 is 2.00 bits per heavy atom. The van der Waals surface area contributed by atoms with Gasteiger partial charge in [0.2, 0.25) is 5.91 Å². The first-order chi connectivity index (χ1) is 11.5. The van der Waals surface area contributed by atoms with Gasteiger partial charge in [0, 0.05) is 25.2 Å². The molecule has 1 atom stereocenters. The topological polar surface area (TPSA) is 56.1 Å². The lowest BCUT2D eigenvalue weighted by Crippen LogP contribution is -2.30. The Morgan fingerprint density at radius 1 is 1.29 bits per heavy atom. The molecule has 0 aliphatic heterocycles. The van der Waals surface area contributed by atoms with Gasteiger partial charge in [-0.05, 0) is 49.9 Å². The van der Waals surface area contributed by atoms with E-state index in [4.69, 9.17) is 4.74 Å². The van der Waals surface area contributed by atoms with Crippen LogP contribution < -0.4 is 10.1 Å². The van der Waals surface area contributed by atoms with Gasteiger partial charge in [-0.2, -0.15) is 5.10 Å². The quantitative estimate of drug-likeness (QED) is 0.810. The second-order valence-electron chi connectivity index (χ2n) is 6.37. The van der Waals surface area contributed by atoms with Gasteiger partial charge in [0.15, 0.2) is 0 Å². The molecule has 5 nitrogen and oxygen atoms in total. The Balaban J connectivity index is 1.71. The molecule has 130 valence electrons. The number of rotatable bonds is 8. The molecule has 0 unspecified atom stereocenters. The number of aromatic nitrogens is 2. The first-order valence-electron chi connectivity index (χ1n) is 8.38. The molecule has 0 saturated carbocycles. The Hall–Kier alpha value is -2.30. The number of carbonyl (C=O) groups excluding carboxylic acids is 1. The van der Waals surface area contributed by atoms with Crippen LogP contribution in [0.2, 0.25) is 0 Å². The van der Waals surface area contributed by atoms with Crippen LogP contribution >= 0.6 is 0 Å². The minimum atomic E-state index is 0.0889. The van der Waals surface area contributed by atoms with Crippen molar-refractivity contribution in [3.63, 3.8) is 0 Å². The zero-order chi connectivity index (χ0) is 17.5. The summed E-state index contributed by atoms with van der Waals surface area (Å²) < 4.78 is 7.14.